The number of esters is 1. The molecule has 3 aromatic heterocycles. The molecular weight excluding hydrogens is 327 g/mol. The number of aromatic nitrogens is 5. The van der Waals surface area contributed by atoms with Crippen molar-refractivity contribution in [3.8, 4) is 11.3 Å². The molecule has 0 aliphatic rings. The van der Waals surface area contributed by atoms with Crippen LogP contribution >= 0.6 is 0 Å². The molecule has 0 radical (unpaired) electrons. The van der Waals surface area contributed by atoms with E-state index in [1.54, 1.807) is 24.9 Å². The predicted octanol–water partition coefficient (Wildman–Crippen LogP) is 2.24. The fourth-order valence-corrected chi connectivity index (χ4v) is 2.35. The van der Waals surface area contributed by atoms with Gasteiger partial charge in [0.05, 0.1) is 18.5 Å². The minimum Gasteiger partial charge on any atom is -0.464 e. The Morgan fingerprint density at radius 3 is 2.50 bits per heavy atom. The van der Waals surface area contributed by atoms with E-state index in [-0.39, 0.29) is 11.3 Å². The number of hydrogen-bond donors (Lipinski definition) is 0. The Balaban J connectivity index is 2.29. The van der Waals surface area contributed by atoms with Crippen LogP contribution in [0.15, 0.2) is 18.3 Å². The van der Waals surface area contributed by atoms with E-state index >= 15 is 0 Å². The molecule has 0 spiro atoms. The number of fused-ring (bicyclic) bond motifs is 1. The highest BCUT2D eigenvalue weighted by Gasteiger charge is 2.35. The van der Waals surface area contributed by atoms with Gasteiger partial charge < -0.3 is 4.74 Å². The van der Waals surface area contributed by atoms with E-state index in [4.69, 9.17) is 0 Å². The van der Waals surface area contributed by atoms with Crippen LogP contribution in [0.2, 0.25) is 0 Å². The maximum atomic E-state index is 12.9. The summed E-state index contributed by atoms with van der Waals surface area (Å²) in [6.45, 7) is 1.73. The average Bonchev–Trinajstić information content (AvgIpc) is 3.07. The van der Waals surface area contributed by atoms with Crippen LogP contribution in [0.4, 0.5) is 13.2 Å². The first kappa shape index (κ1) is 16.0. The fourth-order valence-electron chi connectivity index (χ4n) is 2.35. The quantitative estimate of drug-likeness (QED) is 0.670. The number of rotatable bonds is 2. The van der Waals surface area contributed by atoms with E-state index in [1.807, 2.05) is 0 Å². The van der Waals surface area contributed by atoms with Crippen LogP contribution in [0.1, 0.15) is 21.9 Å². The second-order valence-electron chi connectivity index (χ2n) is 5.12. The summed E-state index contributed by atoms with van der Waals surface area (Å²) < 4.78 is 45.7. The van der Waals surface area contributed by atoms with Crippen molar-refractivity contribution in [2.75, 3.05) is 7.11 Å². The van der Waals surface area contributed by atoms with E-state index < -0.39 is 17.8 Å². The molecular formula is C14H12F3N5O2. The molecule has 0 aliphatic heterocycles. The molecule has 0 atom stereocenters. The largest absolute Gasteiger partial charge is 0.464 e. The maximum absolute atomic E-state index is 12.9. The third-order valence-electron chi connectivity index (χ3n) is 3.40. The number of nitrogens with zero attached hydrogens (tertiary/aromatic N) is 5. The molecule has 3 rings (SSSR count). The molecule has 0 saturated carbocycles. The molecule has 0 aromatic carbocycles. The molecule has 0 fully saturated rings. The van der Waals surface area contributed by atoms with E-state index in [0.717, 1.165) is 17.7 Å². The first-order valence-corrected chi connectivity index (χ1v) is 6.77. The molecule has 0 saturated heterocycles. The number of hydrogen-bond acceptors (Lipinski definition) is 5. The number of aryl methyl sites for hydroxylation is 2. The van der Waals surface area contributed by atoms with Gasteiger partial charge in [0.2, 0.25) is 0 Å². The van der Waals surface area contributed by atoms with Crippen molar-refractivity contribution in [3.63, 3.8) is 0 Å². The summed E-state index contributed by atoms with van der Waals surface area (Å²) in [4.78, 5) is 16.1. The van der Waals surface area contributed by atoms with Gasteiger partial charge >= 0.3 is 12.1 Å². The summed E-state index contributed by atoms with van der Waals surface area (Å²) in [5, 5.41) is 7.59. The summed E-state index contributed by atoms with van der Waals surface area (Å²) >= 11 is 0. The predicted molar refractivity (Wildman–Crippen MR) is 76.3 cm³/mol. The fraction of sp³-hybridized carbons (Fsp3) is 0.286. The van der Waals surface area contributed by atoms with Crippen molar-refractivity contribution in [1.82, 2.24) is 24.4 Å². The molecule has 0 bridgehead atoms. The highest BCUT2D eigenvalue weighted by molar-refractivity contribution is 5.89. The van der Waals surface area contributed by atoms with Gasteiger partial charge in [0.15, 0.2) is 17.0 Å². The van der Waals surface area contributed by atoms with Gasteiger partial charge in [-0.05, 0) is 13.0 Å². The molecule has 126 valence electrons. The molecule has 7 nitrogen and oxygen atoms in total. The van der Waals surface area contributed by atoms with Gasteiger partial charge in [-0.3, -0.25) is 4.68 Å². The number of halogens is 3. The number of carbonyl (C=O) groups excluding carboxylic acids is 1. The van der Waals surface area contributed by atoms with Crippen LogP contribution in [0.5, 0.6) is 0 Å². The van der Waals surface area contributed by atoms with Crippen LogP contribution < -0.4 is 0 Å². The lowest BCUT2D eigenvalue weighted by molar-refractivity contribution is -0.141. The van der Waals surface area contributed by atoms with Crippen molar-refractivity contribution in [1.29, 1.82) is 0 Å². The Morgan fingerprint density at radius 1 is 1.25 bits per heavy atom. The minimum atomic E-state index is -4.65. The normalized spacial score (nSPS) is 11.9. The van der Waals surface area contributed by atoms with E-state index in [0.29, 0.717) is 17.0 Å². The Bertz CT molecular complexity index is 942. The number of ether oxygens (including phenoxy) is 1. The zero-order valence-electron chi connectivity index (χ0n) is 12.9. The molecule has 10 heteroatoms. The lowest BCUT2D eigenvalue weighted by Gasteiger charge is -2.06. The maximum Gasteiger partial charge on any atom is 0.435 e. The van der Waals surface area contributed by atoms with Crippen LogP contribution in [-0.2, 0) is 18.0 Å². The van der Waals surface area contributed by atoms with Crippen molar-refractivity contribution in [2.24, 2.45) is 7.05 Å². The first-order chi connectivity index (χ1) is 11.2. The van der Waals surface area contributed by atoms with Crippen molar-refractivity contribution >= 4 is 11.6 Å². The monoisotopic (exact) mass is 339 g/mol. The molecule has 0 unspecified atom stereocenters. The molecule has 3 aromatic rings. The van der Waals surface area contributed by atoms with Gasteiger partial charge in [0.1, 0.15) is 0 Å². The Kier molecular flexibility index (Phi) is 3.54. The van der Waals surface area contributed by atoms with E-state index in [1.165, 1.54) is 6.07 Å². The minimum absolute atomic E-state index is 0.108. The summed E-state index contributed by atoms with van der Waals surface area (Å²) in [6, 6.07) is 2.11. The van der Waals surface area contributed by atoms with Gasteiger partial charge in [-0.25, -0.2) is 14.3 Å². The van der Waals surface area contributed by atoms with Crippen molar-refractivity contribution in [3.05, 3.63) is 35.4 Å². The lowest BCUT2D eigenvalue weighted by Crippen LogP contribution is -2.12. The van der Waals surface area contributed by atoms with Crippen LogP contribution in [0, 0.1) is 6.92 Å². The van der Waals surface area contributed by atoms with Gasteiger partial charge in [-0.15, -0.1) is 0 Å². The number of carbonyl (C=O) groups is 1. The second kappa shape index (κ2) is 5.32. The van der Waals surface area contributed by atoms with Crippen LogP contribution in [0.3, 0.4) is 0 Å². The average molecular weight is 339 g/mol. The summed E-state index contributed by atoms with van der Waals surface area (Å²) in [5.74, 6) is -0.818. The van der Waals surface area contributed by atoms with Gasteiger partial charge in [-0.2, -0.15) is 23.4 Å². The lowest BCUT2D eigenvalue weighted by atomic mass is 10.1. The topological polar surface area (TPSA) is 74.3 Å². The first-order valence-electron chi connectivity index (χ1n) is 6.77. The number of alkyl halides is 3. The Morgan fingerprint density at radius 2 is 1.96 bits per heavy atom. The molecule has 24 heavy (non-hydrogen) atoms. The summed E-state index contributed by atoms with van der Waals surface area (Å²) in [5.41, 5.74) is 0.128. The zero-order valence-corrected chi connectivity index (χ0v) is 12.9. The number of methoxy groups -OCH3 is 1. The van der Waals surface area contributed by atoms with E-state index in [9.17, 15) is 18.0 Å². The highest BCUT2D eigenvalue weighted by atomic mass is 19.4. The van der Waals surface area contributed by atoms with Gasteiger partial charge in [-0.1, -0.05) is 0 Å². The second-order valence-corrected chi connectivity index (χ2v) is 5.12. The van der Waals surface area contributed by atoms with E-state index in [2.05, 4.69) is 19.9 Å². The molecule has 3 heterocycles. The van der Waals surface area contributed by atoms with Crippen LogP contribution in [-0.4, -0.2) is 37.5 Å². The third-order valence-corrected chi connectivity index (χ3v) is 3.40. The summed E-state index contributed by atoms with van der Waals surface area (Å²) in [6.07, 6.45) is -2.98. The highest BCUT2D eigenvalue weighted by Crippen LogP contribution is 2.30. The van der Waals surface area contributed by atoms with Crippen LogP contribution in [0.25, 0.3) is 16.9 Å². The smallest absolute Gasteiger partial charge is 0.435 e. The SMILES string of the molecule is COC(=O)c1cc(-c2cn(C)nc2C)nc2cc(C(F)(F)F)nn12. The summed E-state index contributed by atoms with van der Waals surface area (Å²) in [7, 11) is 2.84. The van der Waals surface area contributed by atoms with Crippen molar-refractivity contribution in [2.45, 2.75) is 13.1 Å². The standard InChI is InChI=1S/C14H12F3N5O2/c1-7-8(6-21(2)19-7)9-4-10(13(23)24-3)22-12(18-9)5-11(20-22)14(15,16)17/h4-6H,1-3H3. The zero-order chi connectivity index (χ0) is 17.6. The molecule has 0 aliphatic carbocycles. The van der Waals surface area contributed by atoms with Gasteiger partial charge in [0.25, 0.3) is 0 Å². The van der Waals surface area contributed by atoms with Crippen molar-refractivity contribution < 1.29 is 22.7 Å². The Hall–Kier alpha value is -2.91. The Labute approximate surface area is 133 Å². The molecule has 0 amide bonds. The van der Waals surface area contributed by atoms with Gasteiger partial charge in [0, 0.05) is 24.9 Å². The third kappa shape index (κ3) is 2.59. The molecule has 0 N–H and O–H groups in total.